The zero-order valence-corrected chi connectivity index (χ0v) is 11.0. The number of nitrogens with one attached hydrogen (secondary N) is 2. The van der Waals surface area contributed by atoms with E-state index in [1.54, 1.807) is 6.20 Å². The van der Waals surface area contributed by atoms with Gasteiger partial charge in [0.05, 0.1) is 18.8 Å². The summed E-state index contributed by atoms with van der Waals surface area (Å²) in [5, 5.41) is 9.67. The third-order valence-electron chi connectivity index (χ3n) is 3.72. The van der Waals surface area contributed by atoms with Crippen molar-refractivity contribution in [3.63, 3.8) is 0 Å². The topological polar surface area (TPSA) is 70.2 Å². The lowest BCUT2D eigenvalue weighted by atomic mass is 10.1. The van der Waals surface area contributed by atoms with Crippen molar-refractivity contribution in [2.24, 2.45) is 5.92 Å². The van der Waals surface area contributed by atoms with Crippen LogP contribution in [0.15, 0.2) is 12.3 Å². The number of carbonyl (C=O) groups excluding carboxylic acids is 1. The molecule has 2 heterocycles. The molecule has 1 aliphatic carbocycles. The van der Waals surface area contributed by atoms with Gasteiger partial charge in [-0.15, -0.1) is 0 Å². The first kappa shape index (κ1) is 12.5. The summed E-state index contributed by atoms with van der Waals surface area (Å²) in [4.78, 5) is 14.2. The number of rotatable bonds is 5. The molecule has 1 aromatic rings. The van der Waals surface area contributed by atoms with Crippen LogP contribution < -0.4 is 5.32 Å². The molecule has 0 unspecified atom stereocenters. The number of hydrogen-bond acceptors (Lipinski definition) is 3. The second-order valence-electron chi connectivity index (χ2n) is 5.35. The van der Waals surface area contributed by atoms with Crippen molar-refractivity contribution in [3.8, 4) is 0 Å². The Labute approximate surface area is 112 Å². The van der Waals surface area contributed by atoms with Crippen molar-refractivity contribution in [1.29, 1.82) is 0 Å². The zero-order valence-electron chi connectivity index (χ0n) is 11.0. The van der Waals surface area contributed by atoms with Crippen molar-refractivity contribution in [2.75, 3.05) is 19.8 Å². The van der Waals surface area contributed by atoms with E-state index >= 15 is 0 Å². The fourth-order valence-corrected chi connectivity index (χ4v) is 2.45. The monoisotopic (exact) mass is 264 g/mol. The second kappa shape index (κ2) is 5.61. The Balaban J connectivity index is 1.52. The van der Waals surface area contributed by atoms with Crippen LogP contribution >= 0.6 is 0 Å². The minimum atomic E-state index is 0.0315. The molecule has 3 rings (SSSR count). The number of ether oxygens (including phenoxy) is 1. The summed E-state index contributed by atoms with van der Waals surface area (Å²) in [7, 11) is 0. The van der Waals surface area contributed by atoms with E-state index < -0.39 is 0 Å². The molecule has 1 aliphatic heterocycles. The summed E-state index contributed by atoms with van der Waals surface area (Å²) in [6.07, 6.45) is 5.02. The Morgan fingerprint density at radius 2 is 2.42 bits per heavy atom. The van der Waals surface area contributed by atoms with Gasteiger partial charge < -0.3 is 15.0 Å². The molecule has 1 saturated carbocycles. The summed E-state index contributed by atoms with van der Waals surface area (Å²) < 4.78 is 5.39. The van der Waals surface area contributed by atoms with Crippen molar-refractivity contribution >= 4 is 6.03 Å². The quantitative estimate of drug-likeness (QED) is 0.837. The molecule has 19 heavy (non-hydrogen) atoms. The molecule has 0 aromatic carbocycles. The van der Waals surface area contributed by atoms with Gasteiger partial charge in [0.25, 0.3) is 0 Å². The molecule has 2 fully saturated rings. The van der Waals surface area contributed by atoms with E-state index in [0.717, 1.165) is 44.7 Å². The number of aromatic nitrogens is 2. The molecule has 6 heteroatoms. The smallest absolute Gasteiger partial charge is 0.317 e. The predicted molar refractivity (Wildman–Crippen MR) is 69.5 cm³/mol. The van der Waals surface area contributed by atoms with Gasteiger partial charge in [0.2, 0.25) is 0 Å². The van der Waals surface area contributed by atoms with E-state index in [4.69, 9.17) is 4.74 Å². The molecular weight excluding hydrogens is 244 g/mol. The van der Waals surface area contributed by atoms with Crippen molar-refractivity contribution in [1.82, 2.24) is 20.4 Å². The number of nitrogens with zero attached hydrogens (tertiary/aromatic N) is 2. The molecule has 2 aliphatic rings. The van der Waals surface area contributed by atoms with Crippen LogP contribution in [0, 0.1) is 5.92 Å². The highest BCUT2D eigenvalue weighted by Gasteiger charge is 2.34. The van der Waals surface area contributed by atoms with Gasteiger partial charge in [-0.3, -0.25) is 5.10 Å². The predicted octanol–water partition coefficient (Wildman–Crippen LogP) is 1.12. The first-order chi connectivity index (χ1) is 9.33. The second-order valence-corrected chi connectivity index (χ2v) is 5.35. The molecule has 2 amide bonds. The van der Waals surface area contributed by atoms with Crippen LogP contribution in [-0.2, 0) is 11.3 Å². The molecule has 1 atom stereocenters. The number of carbonyl (C=O) groups is 1. The van der Waals surface area contributed by atoms with Gasteiger partial charge in [-0.1, -0.05) is 0 Å². The molecule has 0 radical (unpaired) electrons. The van der Waals surface area contributed by atoms with Crippen LogP contribution in [-0.4, -0.2) is 46.9 Å². The maximum absolute atomic E-state index is 12.2. The van der Waals surface area contributed by atoms with Crippen LogP contribution in [0.2, 0.25) is 0 Å². The van der Waals surface area contributed by atoms with Gasteiger partial charge in [-0.25, -0.2) is 4.79 Å². The van der Waals surface area contributed by atoms with Crippen LogP contribution in [0.1, 0.15) is 25.0 Å². The van der Waals surface area contributed by atoms with E-state index in [-0.39, 0.29) is 6.03 Å². The van der Waals surface area contributed by atoms with Gasteiger partial charge in [0, 0.05) is 31.3 Å². The van der Waals surface area contributed by atoms with E-state index in [0.29, 0.717) is 18.5 Å². The van der Waals surface area contributed by atoms with Gasteiger partial charge in [0.15, 0.2) is 0 Å². The fraction of sp³-hybridized carbons (Fsp3) is 0.692. The number of urea groups is 1. The highest BCUT2D eigenvalue weighted by molar-refractivity contribution is 5.74. The van der Waals surface area contributed by atoms with Crippen LogP contribution in [0.5, 0.6) is 0 Å². The van der Waals surface area contributed by atoms with E-state index in [1.807, 2.05) is 11.0 Å². The molecule has 1 saturated heterocycles. The Kier molecular flexibility index (Phi) is 3.68. The largest absolute Gasteiger partial charge is 0.381 e. The standard InChI is InChI=1S/C13H20N4O2/c18-13(14-7-11-3-5-15-16-11)17(12-1-2-12)8-10-4-6-19-9-10/h3,5,10,12H,1-2,4,6-9H2,(H,14,18)(H,15,16)/t10-/m1/s1. The maximum atomic E-state index is 12.2. The molecule has 104 valence electrons. The molecule has 0 bridgehead atoms. The average Bonchev–Trinajstić information content (AvgIpc) is 2.94. The molecular formula is C13H20N4O2. The van der Waals surface area contributed by atoms with Gasteiger partial charge >= 0.3 is 6.03 Å². The zero-order chi connectivity index (χ0) is 13.1. The van der Waals surface area contributed by atoms with Gasteiger partial charge in [-0.2, -0.15) is 5.10 Å². The Bertz CT molecular complexity index is 410. The van der Waals surface area contributed by atoms with Crippen LogP contribution in [0.4, 0.5) is 4.79 Å². The van der Waals surface area contributed by atoms with Crippen molar-refractivity contribution in [3.05, 3.63) is 18.0 Å². The minimum absolute atomic E-state index is 0.0315. The lowest BCUT2D eigenvalue weighted by molar-refractivity contribution is 0.162. The Morgan fingerprint density at radius 3 is 3.05 bits per heavy atom. The number of H-pyrrole nitrogens is 1. The van der Waals surface area contributed by atoms with Crippen molar-refractivity contribution < 1.29 is 9.53 Å². The average molecular weight is 264 g/mol. The molecule has 2 N–H and O–H groups in total. The van der Waals surface area contributed by atoms with Crippen molar-refractivity contribution in [2.45, 2.75) is 31.8 Å². The summed E-state index contributed by atoms with van der Waals surface area (Å²) in [5.41, 5.74) is 0.924. The lowest BCUT2D eigenvalue weighted by Crippen LogP contribution is -2.43. The maximum Gasteiger partial charge on any atom is 0.317 e. The highest BCUT2D eigenvalue weighted by Crippen LogP contribution is 2.29. The summed E-state index contributed by atoms with van der Waals surface area (Å²) in [6, 6.07) is 2.33. The highest BCUT2D eigenvalue weighted by atomic mass is 16.5. The van der Waals surface area contributed by atoms with Crippen LogP contribution in [0.25, 0.3) is 0 Å². The first-order valence-electron chi connectivity index (χ1n) is 6.93. The summed E-state index contributed by atoms with van der Waals surface area (Å²) in [6.45, 7) is 2.94. The number of aromatic amines is 1. The number of amides is 2. The molecule has 6 nitrogen and oxygen atoms in total. The fourth-order valence-electron chi connectivity index (χ4n) is 2.45. The third-order valence-corrected chi connectivity index (χ3v) is 3.72. The first-order valence-corrected chi connectivity index (χ1v) is 6.93. The summed E-state index contributed by atoms with van der Waals surface area (Å²) in [5.74, 6) is 0.499. The molecule has 1 aromatic heterocycles. The van der Waals surface area contributed by atoms with E-state index in [2.05, 4.69) is 15.5 Å². The van der Waals surface area contributed by atoms with Crippen LogP contribution in [0.3, 0.4) is 0 Å². The van der Waals surface area contributed by atoms with E-state index in [1.165, 1.54) is 0 Å². The SMILES string of the molecule is O=C(NCc1ccn[nH]1)N(C[C@H]1CCOC1)C1CC1. The Hall–Kier alpha value is -1.56. The summed E-state index contributed by atoms with van der Waals surface area (Å²) >= 11 is 0. The normalized spacial score (nSPS) is 22.4. The lowest BCUT2D eigenvalue weighted by Gasteiger charge is -2.25. The van der Waals surface area contributed by atoms with E-state index in [9.17, 15) is 4.79 Å². The van der Waals surface area contributed by atoms with Gasteiger partial charge in [-0.05, 0) is 25.3 Å². The van der Waals surface area contributed by atoms with Gasteiger partial charge in [0.1, 0.15) is 0 Å². The minimum Gasteiger partial charge on any atom is -0.381 e. The Morgan fingerprint density at radius 1 is 1.53 bits per heavy atom. The third kappa shape index (κ3) is 3.26. The number of hydrogen-bond donors (Lipinski definition) is 2. The molecule has 0 spiro atoms.